The fraction of sp³-hybridized carbons (Fsp3) is 0.0625. The summed E-state index contributed by atoms with van der Waals surface area (Å²) < 4.78 is 13.8. The molecule has 0 saturated carbocycles. The predicted molar refractivity (Wildman–Crippen MR) is 82.6 cm³/mol. The number of anilines is 2. The van der Waals surface area contributed by atoms with Gasteiger partial charge in [-0.2, -0.15) is 0 Å². The summed E-state index contributed by atoms with van der Waals surface area (Å²) in [6.07, 6.45) is 2.48. The topological polar surface area (TPSA) is 40.5 Å². The Hall–Kier alpha value is -2.33. The van der Waals surface area contributed by atoms with Gasteiger partial charge in [-0.1, -0.05) is 29.8 Å². The minimum Gasteiger partial charge on any atom is -0.478 e. The van der Waals surface area contributed by atoms with Crippen LogP contribution >= 0.6 is 11.6 Å². The zero-order chi connectivity index (χ0) is 15.4. The van der Waals surface area contributed by atoms with E-state index >= 15 is 0 Å². The molecule has 0 aliphatic heterocycles. The molecule has 0 heterocycles. The predicted octanol–water partition coefficient (Wildman–Crippen LogP) is 4.34. The molecular formula is C16H13ClFNO2. The molecule has 0 fully saturated rings. The molecule has 0 aromatic heterocycles. The van der Waals surface area contributed by atoms with Crippen LogP contribution < -0.4 is 4.90 Å². The molecule has 0 aliphatic rings. The van der Waals surface area contributed by atoms with Crippen molar-refractivity contribution >= 4 is 35.0 Å². The third kappa shape index (κ3) is 3.61. The van der Waals surface area contributed by atoms with Crippen LogP contribution in [0, 0.1) is 5.82 Å². The zero-order valence-corrected chi connectivity index (χ0v) is 12.0. The van der Waals surface area contributed by atoms with Crippen LogP contribution in [0.1, 0.15) is 5.56 Å². The maximum atomic E-state index is 13.8. The lowest BCUT2D eigenvalue weighted by atomic mass is 10.1. The van der Waals surface area contributed by atoms with Crippen molar-refractivity contribution < 1.29 is 14.3 Å². The Morgan fingerprint density at radius 3 is 2.57 bits per heavy atom. The molecule has 0 radical (unpaired) electrons. The van der Waals surface area contributed by atoms with Crippen LogP contribution in [0.5, 0.6) is 0 Å². The molecule has 0 amide bonds. The summed E-state index contributed by atoms with van der Waals surface area (Å²) in [6, 6.07) is 11.5. The molecule has 0 atom stereocenters. The van der Waals surface area contributed by atoms with Crippen LogP contribution in [0.2, 0.25) is 5.02 Å². The van der Waals surface area contributed by atoms with E-state index in [-0.39, 0.29) is 5.82 Å². The first-order valence-corrected chi connectivity index (χ1v) is 6.55. The third-order valence-corrected chi connectivity index (χ3v) is 3.27. The summed E-state index contributed by atoms with van der Waals surface area (Å²) in [4.78, 5) is 12.1. The number of rotatable bonds is 4. The van der Waals surface area contributed by atoms with E-state index in [9.17, 15) is 9.18 Å². The average Bonchev–Trinajstić information content (AvgIpc) is 2.45. The highest BCUT2D eigenvalue weighted by atomic mass is 35.5. The lowest BCUT2D eigenvalue weighted by Crippen LogP contribution is -2.11. The Morgan fingerprint density at radius 2 is 1.95 bits per heavy atom. The van der Waals surface area contributed by atoms with Crippen molar-refractivity contribution in [3.05, 3.63) is 64.9 Å². The molecule has 1 N–H and O–H groups in total. The van der Waals surface area contributed by atoms with E-state index in [0.29, 0.717) is 22.0 Å². The highest BCUT2D eigenvalue weighted by molar-refractivity contribution is 6.33. The highest BCUT2D eigenvalue weighted by Crippen LogP contribution is 2.32. The first-order chi connectivity index (χ1) is 9.99. The van der Waals surface area contributed by atoms with Gasteiger partial charge in [-0.05, 0) is 35.9 Å². The lowest BCUT2D eigenvalue weighted by Gasteiger charge is -2.21. The Morgan fingerprint density at radius 1 is 1.24 bits per heavy atom. The van der Waals surface area contributed by atoms with E-state index in [1.54, 1.807) is 48.3 Å². The fourth-order valence-electron chi connectivity index (χ4n) is 1.92. The van der Waals surface area contributed by atoms with Gasteiger partial charge in [0, 0.05) is 13.1 Å². The normalized spacial score (nSPS) is 10.8. The Kier molecular flexibility index (Phi) is 4.60. The lowest BCUT2D eigenvalue weighted by molar-refractivity contribution is -0.131. The van der Waals surface area contributed by atoms with Gasteiger partial charge < -0.3 is 10.0 Å². The number of aliphatic carboxylic acids is 1. The van der Waals surface area contributed by atoms with Crippen molar-refractivity contribution in [1.82, 2.24) is 0 Å². The van der Waals surface area contributed by atoms with Gasteiger partial charge in [0.15, 0.2) is 0 Å². The molecule has 3 nitrogen and oxygen atoms in total. The summed E-state index contributed by atoms with van der Waals surface area (Å²) >= 11 is 6.20. The van der Waals surface area contributed by atoms with Crippen LogP contribution in [0.3, 0.4) is 0 Å². The third-order valence-electron chi connectivity index (χ3n) is 2.97. The first kappa shape index (κ1) is 15.1. The maximum absolute atomic E-state index is 13.8. The van der Waals surface area contributed by atoms with E-state index in [2.05, 4.69) is 0 Å². The number of hydrogen-bond acceptors (Lipinski definition) is 2. The Balaban J connectivity index is 2.33. The molecule has 0 aliphatic carbocycles. The van der Waals surface area contributed by atoms with Crippen molar-refractivity contribution in [2.75, 3.05) is 11.9 Å². The number of nitrogens with zero attached hydrogens (tertiary/aromatic N) is 1. The summed E-state index contributed by atoms with van der Waals surface area (Å²) in [5, 5.41) is 9.01. The summed E-state index contributed by atoms with van der Waals surface area (Å²) in [6.45, 7) is 0. The number of carboxylic acid groups (broad SMARTS) is 1. The average molecular weight is 306 g/mol. The molecule has 2 aromatic carbocycles. The van der Waals surface area contributed by atoms with Crippen LogP contribution in [0.15, 0.2) is 48.5 Å². The van der Waals surface area contributed by atoms with Gasteiger partial charge in [0.2, 0.25) is 0 Å². The van der Waals surface area contributed by atoms with Gasteiger partial charge in [-0.3, -0.25) is 0 Å². The number of halogens is 2. The number of benzene rings is 2. The van der Waals surface area contributed by atoms with E-state index in [1.807, 2.05) is 0 Å². The molecule has 0 saturated heterocycles. The zero-order valence-electron chi connectivity index (χ0n) is 11.3. The molecule has 108 valence electrons. The van der Waals surface area contributed by atoms with Crippen LogP contribution in [-0.4, -0.2) is 18.1 Å². The minimum absolute atomic E-state index is 0.342. The van der Waals surface area contributed by atoms with Crippen molar-refractivity contribution in [1.29, 1.82) is 0 Å². The van der Waals surface area contributed by atoms with E-state index in [0.717, 1.165) is 6.08 Å². The summed E-state index contributed by atoms with van der Waals surface area (Å²) in [5.74, 6) is -1.37. The highest BCUT2D eigenvalue weighted by Gasteiger charge is 2.11. The number of carboxylic acids is 1. The van der Waals surface area contributed by atoms with Gasteiger partial charge in [-0.15, -0.1) is 0 Å². The van der Waals surface area contributed by atoms with Gasteiger partial charge in [0.25, 0.3) is 0 Å². The Labute approximate surface area is 126 Å². The summed E-state index contributed by atoms with van der Waals surface area (Å²) in [5.41, 5.74) is 1.70. The van der Waals surface area contributed by atoms with Crippen molar-refractivity contribution in [3.8, 4) is 0 Å². The maximum Gasteiger partial charge on any atom is 0.328 e. The van der Waals surface area contributed by atoms with Gasteiger partial charge >= 0.3 is 5.97 Å². The largest absolute Gasteiger partial charge is 0.478 e. The smallest absolute Gasteiger partial charge is 0.328 e. The van der Waals surface area contributed by atoms with E-state index in [4.69, 9.17) is 16.7 Å². The number of carbonyl (C=O) groups is 1. The SMILES string of the molecule is CN(c1ccccc1F)c1ccc(/C=C/C(=O)O)cc1Cl. The van der Waals surface area contributed by atoms with E-state index in [1.165, 1.54) is 12.1 Å². The van der Waals surface area contributed by atoms with Crippen molar-refractivity contribution in [2.24, 2.45) is 0 Å². The van der Waals surface area contributed by atoms with Gasteiger partial charge in [-0.25, -0.2) is 9.18 Å². The van der Waals surface area contributed by atoms with Gasteiger partial charge in [0.05, 0.1) is 16.4 Å². The second-order valence-electron chi connectivity index (χ2n) is 4.39. The molecule has 0 bridgehead atoms. The van der Waals surface area contributed by atoms with Crippen molar-refractivity contribution in [3.63, 3.8) is 0 Å². The second-order valence-corrected chi connectivity index (χ2v) is 4.80. The monoisotopic (exact) mass is 305 g/mol. The van der Waals surface area contributed by atoms with Gasteiger partial charge in [0.1, 0.15) is 5.82 Å². The molecule has 2 aromatic rings. The van der Waals surface area contributed by atoms with Crippen LogP contribution in [0.4, 0.5) is 15.8 Å². The standard InChI is InChI=1S/C16H13ClFNO2/c1-19(15-5-3-2-4-13(15)18)14-8-6-11(10-12(14)17)7-9-16(20)21/h2-10H,1H3,(H,20,21)/b9-7+. The molecule has 5 heteroatoms. The van der Waals surface area contributed by atoms with Crippen molar-refractivity contribution in [2.45, 2.75) is 0 Å². The molecule has 21 heavy (non-hydrogen) atoms. The molecular weight excluding hydrogens is 293 g/mol. The molecule has 0 spiro atoms. The number of hydrogen-bond donors (Lipinski definition) is 1. The molecule has 0 unspecified atom stereocenters. The second kappa shape index (κ2) is 6.41. The van der Waals surface area contributed by atoms with E-state index < -0.39 is 5.97 Å². The number of para-hydroxylation sites is 1. The van der Waals surface area contributed by atoms with Crippen LogP contribution in [0.25, 0.3) is 6.08 Å². The Bertz CT molecular complexity index is 700. The summed E-state index contributed by atoms with van der Waals surface area (Å²) in [7, 11) is 1.71. The minimum atomic E-state index is -1.03. The first-order valence-electron chi connectivity index (χ1n) is 6.18. The van der Waals surface area contributed by atoms with Crippen LogP contribution in [-0.2, 0) is 4.79 Å². The quantitative estimate of drug-likeness (QED) is 0.854. The fourth-order valence-corrected chi connectivity index (χ4v) is 2.24. The molecule has 2 rings (SSSR count).